The summed E-state index contributed by atoms with van der Waals surface area (Å²) in [7, 11) is 0. The van der Waals surface area contributed by atoms with Crippen LogP contribution in [0.25, 0.3) is 11.1 Å². The highest BCUT2D eigenvalue weighted by molar-refractivity contribution is 5.64. The summed E-state index contributed by atoms with van der Waals surface area (Å²) >= 11 is 0. The minimum absolute atomic E-state index is 0.188. The number of nitrogens with zero attached hydrogens (tertiary/aromatic N) is 2. The minimum atomic E-state index is -4.36. The van der Waals surface area contributed by atoms with Gasteiger partial charge in [-0.25, -0.2) is 0 Å². The maximum Gasteiger partial charge on any atom is 0.416 e. The molecular formula is C18H15F3N2O2. The van der Waals surface area contributed by atoms with Crippen molar-refractivity contribution in [2.75, 3.05) is 0 Å². The number of hydrogen-bond acceptors (Lipinski definition) is 4. The van der Waals surface area contributed by atoms with Crippen molar-refractivity contribution in [3.63, 3.8) is 0 Å². The standard InChI is InChI=1S/C18H15F3N2O2/c1-11-22-17(23-25-11)10-16(24)14-4-2-3-13(9-14)12-5-7-15(8-6-12)18(19,20)21/h2-9,16,24H,10H2,1H3. The Morgan fingerprint density at radius 1 is 1.08 bits per heavy atom. The van der Waals surface area contributed by atoms with Crippen molar-refractivity contribution >= 4 is 0 Å². The summed E-state index contributed by atoms with van der Waals surface area (Å²) in [6.45, 7) is 1.66. The smallest absolute Gasteiger partial charge is 0.388 e. The van der Waals surface area contributed by atoms with E-state index in [0.717, 1.165) is 17.7 Å². The lowest BCUT2D eigenvalue weighted by Crippen LogP contribution is -2.04. The molecule has 1 unspecified atom stereocenters. The maximum absolute atomic E-state index is 12.6. The van der Waals surface area contributed by atoms with Gasteiger partial charge in [-0.15, -0.1) is 0 Å². The number of alkyl halides is 3. The van der Waals surface area contributed by atoms with Gasteiger partial charge in [0, 0.05) is 13.3 Å². The van der Waals surface area contributed by atoms with Crippen molar-refractivity contribution in [1.29, 1.82) is 0 Å². The van der Waals surface area contributed by atoms with Gasteiger partial charge >= 0.3 is 6.18 Å². The minimum Gasteiger partial charge on any atom is -0.388 e. The lowest BCUT2D eigenvalue weighted by molar-refractivity contribution is -0.137. The Hall–Kier alpha value is -2.67. The molecule has 3 rings (SSSR count). The predicted molar refractivity (Wildman–Crippen MR) is 84.6 cm³/mol. The zero-order chi connectivity index (χ0) is 18.0. The first-order valence-corrected chi connectivity index (χ1v) is 7.58. The molecule has 4 nitrogen and oxygen atoms in total. The van der Waals surface area contributed by atoms with E-state index in [4.69, 9.17) is 4.52 Å². The summed E-state index contributed by atoms with van der Waals surface area (Å²) < 4.78 is 42.8. The Kier molecular flexibility index (Phi) is 4.59. The number of benzene rings is 2. The molecule has 7 heteroatoms. The highest BCUT2D eigenvalue weighted by Crippen LogP contribution is 2.31. The Balaban J connectivity index is 1.81. The number of aliphatic hydroxyl groups is 1. The summed E-state index contributed by atoms with van der Waals surface area (Å²) in [5.41, 5.74) is 1.28. The molecule has 0 amide bonds. The number of aliphatic hydroxyl groups excluding tert-OH is 1. The van der Waals surface area contributed by atoms with Crippen LogP contribution in [0.4, 0.5) is 13.2 Å². The molecule has 0 saturated carbocycles. The number of hydrogen-bond donors (Lipinski definition) is 1. The van der Waals surface area contributed by atoms with Crippen LogP contribution in [0.5, 0.6) is 0 Å². The van der Waals surface area contributed by atoms with Crippen molar-refractivity contribution in [1.82, 2.24) is 10.1 Å². The highest BCUT2D eigenvalue weighted by atomic mass is 19.4. The molecule has 0 aliphatic rings. The van der Waals surface area contributed by atoms with E-state index in [2.05, 4.69) is 10.1 Å². The molecule has 25 heavy (non-hydrogen) atoms. The first kappa shape index (κ1) is 17.2. The molecule has 3 aromatic rings. The van der Waals surface area contributed by atoms with Crippen molar-refractivity contribution < 1.29 is 22.8 Å². The fourth-order valence-electron chi connectivity index (χ4n) is 2.49. The van der Waals surface area contributed by atoms with E-state index < -0.39 is 17.8 Å². The normalized spacial score (nSPS) is 13.0. The zero-order valence-corrected chi connectivity index (χ0v) is 13.3. The SMILES string of the molecule is Cc1nc(CC(O)c2cccc(-c3ccc(C(F)(F)F)cc3)c2)no1. The predicted octanol–water partition coefficient (Wildman–Crippen LogP) is 4.34. The van der Waals surface area contributed by atoms with E-state index in [1.54, 1.807) is 31.2 Å². The number of halogens is 3. The van der Waals surface area contributed by atoms with Gasteiger partial charge in [-0.2, -0.15) is 18.2 Å². The van der Waals surface area contributed by atoms with Crippen LogP contribution in [0.2, 0.25) is 0 Å². The second kappa shape index (κ2) is 6.68. The van der Waals surface area contributed by atoms with Gasteiger partial charge < -0.3 is 9.63 Å². The Morgan fingerprint density at radius 2 is 1.80 bits per heavy atom. The van der Waals surface area contributed by atoms with E-state index in [9.17, 15) is 18.3 Å². The number of aryl methyl sites for hydroxylation is 1. The van der Waals surface area contributed by atoms with Gasteiger partial charge in [0.05, 0.1) is 11.7 Å². The summed E-state index contributed by atoms with van der Waals surface area (Å²) in [6, 6.07) is 11.9. The van der Waals surface area contributed by atoms with Crippen LogP contribution in [-0.4, -0.2) is 15.2 Å². The molecule has 0 spiro atoms. The monoisotopic (exact) mass is 348 g/mol. The van der Waals surface area contributed by atoms with Gasteiger partial charge in [0.1, 0.15) is 0 Å². The topological polar surface area (TPSA) is 59.2 Å². The average Bonchev–Trinajstić information content (AvgIpc) is 2.99. The van der Waals surface area contributed by atoms with E-state index >= 15 is 0 Å². The third kappa shape index (κ3) is 4.06. The fraction of sp³-hybridized carbons (Fsp3) is 0.222. The molecule has 1 aromatic heterocycles. The molecular weight excluding hydrogens is 333 g/mol. The van der Waals surface area contributed by atoms with E-state index in [1.165, 1.54) is 12.1 Å². The zero-order valence-electron chi connectivity index (χ0n) is 13.3. The van der Waals surface area contributed by atoms with E-state index in [0.29, 0.717) is 22.8 Å². The van der Waals surface area contributed by atoms with Crippen LogP contribution in [0.1, 0.15) is 28.9 Å². The second-order valence-corrected chi connectivity index (χ2v) is 5.65. The average molecular weight is 348 g/mol. The molecule has 0 fully saturated rings. The lowest BCUT2D eigenvalue weighted by atomic mass is 9.98. The molecule has 1 heterocycles. The first-order chi connectivity index (χ1) is 11.8. The van der Waals surface area contributed by atoms with Crippen LogP contribution in [0.15, 0.2) is 53.1 Å². The van der Waals surface area contributed by atoms with Crippen molar-refractivity contribution in [3.8, 4) is 11.1 Å². The summed E-state index contributed by atoms with van der Waals surface area (Å²) in [4.78, 5) is 4.05. The molecule has 0 radical (unpaired) electrons. The second-order valence-electron chi connectivity index (χ2n) is 5.65. The van der Waals surface area contributed by atoms with Gasteiger partial charge in [0.25, 0.3) is 0 Å². The van der Waals surface area contributed by atoms with Crippen LogP contribution < -0.4 is 0 Å². The van der Waals surface area contributed by atoms with Crippen molar-refractivity contribution in [3.05, 3.63) is 71.4 Å². The third-order valence-corrected chi connectivity index (χ3v) is 3.76. The van der Waals surface area contributed by atoms with Crippen LogP contribution in [-0.2, 0) is 12.6 Å². The fourth-order valence-corrected chi connectivity index (χ4v) is 2.49. The Bertz CT molecular complexity index is 857. The van der Waals surface area contributed by atoms with Crippen LogP contribution in [0.3, 0.4) is 0 Å². The third-order valence-electron chi connectivity index (χ3n) is 3.76. The molecule has 1 N–H and O–H groups in total. The lowest BCUT2D eigenvalue weighted by Gasteiger charge is -2.11. The highest BCUT2D eigenvalue weighted by Gasteiger charge is 2.29. The van der Waals surface area contributed by atoms with Gasteiger partial charge in [-0.05, 0) is 34.9 Å². The van der Waals surface area contributed by atoms with E-state index in [-0.39, 0.29) is 6.42 Å². The molecule has 2 aromatic carbocycles. The van der Waals surface area contributed by atoms with Crippen LogP contribution in [0, 0.1) is 6.92 Å². The van der Waals surface area contributed by atoms with Crippen LogP contribution >= 0.6 is 0 Å². The van der Waals surface area contributed by atoms with Gasteiger partial charge in [0.15, 0.2) is 5.82 Å². The van der Waals surface area contributed by atoms with Crippen molar-refractivity contribution in [2.45, 2.75) is 25.6 Å². The van der Waals surface area contributed by atoms with Gasteiger partial charge in [0.2, 0.25) is 5.89 Å². The molecule has 0 saturated heterocycles. The first-order valence-electron chi connectivity index (χ1n) is 7.58. The molecule has 0 aliphatic heterocycles. The number of aromatic nitrogens is 2. The molecule has 130 valence electrons. The van der Waals surface area contributed by atoms with Gasteiger partial charge in [-0.3, -0.25) is 0 Å². The van der Waals surface area contributed by atoms with Crippen molar-refractivity contribution in [2.24, 2.45) is 0 Å². The summed E-state index contributed by atoms with van der Waals surface area (Å²) in [6.07, 6.45) is -5.01. The van der Waals surface area contributed by atoms with E-state index in [1.807, 2.05) is 0 Å². The molecule has 0 bridgehead atoms. The van der Waals surface area contributed by atoms with Gasteiger partial charge in [-0.1, -0.05) is 35.5 Å². The number of rotatable bonds is 4. The maximum atomic E-state index is 12.6. The summed E-state index contributed by atoms with van der Waals surface area (Å²) in [5.74, 6) is 0.811. The Morgan fingerprint density at radius 3 is 2.40 bits per heavy atom. The summed E-state index contributed by atoms with van der Waals surface area (Å²) in [5, 5.41) is 14.1. The molecule has 1 atom stereocenters. The largest absolute Gasteiger partial charge is 0.416 e. The quantitative estimate of drug-likeness (QED) is 0.762. The molecule has 0 aliphatic carbocycles. The Labute approximate surface area is 141 Å².